The Morgan fingerprint density at radius 1 is 0.838 bits per heavy atom. The summed E-state index contributed by atoms with van der Waals surface area (Å²) < 4.78 is 11.7. The fraction of sp³-hybridized carbons (Fsp3) is 0.345. The number of amides is 2. The summed E-state index contributed by atoms with van der Waals surface area (Å²) in [5, 5.41) is 0. The normalized spacial score (nSPS) is 16.2. The first-order valence-electron chi connectivity index (χ1n) is 12.8. The molecule has 1 fully saturated rings. The number of anilines is 1. The molecule has 0 radical (unpaired) electrons. The van der Waals surface area contributed by atoms with Gasteiger partial charge >= 0.3 is 0 Å². The molecule has 0 aliphatic carbocycles. The van der Waals surface area contributed by atoms with E-state index in [2.05, 4.69) is 14.8 Å². The van der Waals surface area contributed by atoms with Gasteiger partial charge in [0.05, 0.1) is 0 Å². The molecule has 2 amide bonds. The Morgan fingerprint density at radius 3 is 2.41 bits per heavy atom. The average Bonchev–Trinajstić information content (AvgIpc) is 3.07. The highest BCUT2D eigenvalue weighted by atomic mass is 16.5. The summed E-state index contributed by atoms with van der Waals surface area (Å²) in [4.78, 5) is 36.7. The summed E-state index contributed by atoms with van der Waals surface area (Å²) in [6, 6.07) is 21.0. The summed E-state index contributed by atoms with van der Waals surface area (Å²) in [5.41, 5.74) is 1.31. The molecule has 0 atom stereocenters. The van der Waals surface area contributed by atoms with E-state index in [1.807, 2.05) is 54.7 Å². The Hall–Kier alpha value is -3.91. The van der Waals surface area contributed by atoms with Gasteiger partial charge in [0.25, 0.3) is 11.8 Å². The van der Waals surface area contributed by atoms with Crippen LogP contribution in [-0.4, -0.2) is 72.5 Å². The van der Waals surface area contributed by atoms with Gasteiger partial charge in [-0.3, -0.25) is 19.4 Å². The van der Waals surface area contributed by atoms with E-state index >= 15 is 0 Å². The second-order valence-electron chi connectivity index (χ2n) is 9.27. The molecule has 0 saturated carbocycles. The van der Waals surface area contributed by atoms with Crippen molar-refractivity contribution in [1.29, 1.82) is 0 Å². The predicted molar refractivity (Wildman–Crippen MR) is 141 cm³/mol. The smallest absolute Gasteiger partial charge is 0.268 e. The van der Waals surface area contributed by atoms with Gasteiger partial charge in [0.15, 0.2) is 6.61 Å². The number of unbranched alkanes of at least 4 members (excludes halogenated alkanes) is 1. The third-order valence-electron chi connectivity index (χ3n) is 6.79. The van der Waals surface area contributed by atoms with Crippen LogP contribution in [-0.2, 0) is 11.4 Å². The van der Waals surface area contributed by atoms with Crippen molar-refractivity contribution in [2.75, 3.05) is 50.8 Å². The van der Waals surface area contributed by atoms with E-state index in [1.54, 1.807) is 18.2 Å². The zero-order chi connectivity index (χ0) is 25.5. The van der Waals surface area contributed by atoms with E-state index in [4.69, 9.17) is 9.47 Å². The first kappa shape index (κ1) is 24.8. The molecule has 2 aliphatic rings. The van der Waals surface area contributed by atoms with Gasteiger partial charge in [-0.05, 0) is 49.2 Å². The Morgan fingerprint density at radius 2 is 1.62 bits per heavy atom. The minimum absolute atomic E-state index is 0.156. The molecular formula is C29H32N4O4. The molecule has 2 aromatic carbocycles. The maximum Gasteiger partial charge on any atom is 0.268 e. The Labute approximate surface area is 217 Å². The van der Waals surface area contributed by atoms with Gasteiger partial charge in [0.1, 0.15) is 29.5 Å². The van der Waals surface area contributed by atoms with Gasteiger partial charge in [-0.1, -0.05) is 42.5 Å². The van der Waals surface area contributed by atoms with Crippen LogP contribution in [0.2, 0.25) is 0 Å². The van der Waals surface area contributed by atoms with E-state index < -0.39 is 0 Å². The molecule has 3 aromatic rings. The van der Waals surface area contributed by atoms with Crippen molar-refractivity contribution in [2.45, 2.75) is 19.4 Å². The van der Waals surface area contributed by atoms with Crippen molar-refractivity contribution in [3.8, 4) is 11.5 Å². The second kappa shape index (κ2) is 11.9. The van der Waals surface area contributed by atoms with Crippen molar-refractivity contribution in [3.05, 3.63) is 84.1 Å². The largest absolute Gasteiger partial charge is 0.488 e. The van der Waals surface area contributed by atoms with Crippen LogP contribution < -0.4 is 14.4 Å². The van der Waals surface area contributed by atoms with E-state index in [-0.39, 0.29) is 18.4 Å². The number of ether oxygens (including phenoxy) is 2. The van der Waals surface area contributed by atoms with E-state index in [1.165, 1.54) is 4.90 Å². The molecule has 0 N–H and O–H groups in total. The zero-order valence-electron chi connectivity index (χ0n) is 20.9. The fourth-order valence-electron chi connectivity index (χ4n) is 4.74. The maximum absolute atomic E-state index is 13.5. The van der Waals surface area contributed by atoms with Crippen molar-refractivity contribution in [1.82, 2.24) is 14.8 Å². The molecule has 1 aromatic heterocycles. The first-order chi connectivity index (χ1) is 18.2. The molecule has 37 heavy (non-hydrogen) atoms. The molecule has 2 aliphatic heterocycles. The number of carbonyl (C=O) groups excluding carboxylic acids is 2. The summed E-state index contributed by atoms with van der Waals surface area (Å²) >= 11 is 0. The van der Waals surface area contributed by atoms with Gasteiger partial charge in [-0.2, -0.15) is 0 Å². The third kappa shape index (κ3) is 6.09. The third-order valence-corrected chi connectivity index (χ3v) is 6.79. The van der Waals surface area contributed by atoms with Gasteiger partial charge in [0.2, 0.25) is 0 Å². The van der Waals surface area contributed by atoms with Crippen molar-refractivity contribution >= 4 is 17.6 Å². The zero-order valence-corrected chi connectivity index (χ0v) is 20.9. The number of nitrogens with zero attached hydrogens (tertiary/aromatic N) is 4. The minimum Gasteiger partial charge on any atom is -0.488 e. The topological polar surface area (TPSA) is 75.2 Å². The van der Waals surface area contributed by atoms with Gasteiger partial charge in [-0.25, -0.2) is 4.98 Å². The molecule has 0 unspecified atom stereocenters. The number of fused-ring (bicyclic) bond motifs is 1. The van der Waals surface area contributed by atoms with Crippen LogP contribution in [0.15, 0.2) is 72.9 Å². The lowest BCUT2D eigenvalue weighted by Crippen LogP contribution is -2.47. The van der Waals surface area contributed by atoms with Crippen LogP contribution in [0.3, 0.4) is 0 Å². The number of piperazine rings is 1. The number of rotatable bonds is 9. The number of hydrogen-bond acceptors (Lipinski definition) is 7. The van der Waals surface area contributed by atoms with Gasteiger partial charge < -0.3 is 14.4 Å². The lowest BCUT2D eigenvalue weighted by molar-refractivity contribution is -0.130. The van der Waals surface area contributed by atoms with Crippen LogP contribution in [0.5, 0.6) is 11.5 Å². The van der Waals surface area contributed by atoms with Crippen LogP contribution >= 0.6 is 0 Å². The van der Waals surface area contributed by atoms with Crippen LogP contribution in [0, 0.1) is 0 Å². The highest BCUT2D eigenvalue weighted by molar-refractivity contribution is 6.09. The molecule has 192 valence electrons. The van der Waals surface area contributed by atoms with Crippen LogP contribution in [0.4, 0.5) is 5.82 Å². The molecule has 0 spiro atoms. The van der Waals surface area contributed by atoms with Crippen LogP contribution in [0.25, 0.3) is 0 Å². The Bertz CT molecular complexity index is 1200. The van der Waals surface area contributed by atoms with E-state index in [9.17, 15) is 9.59 Å². The molecule has 5 rings (SSSR count). The average molecular weight is 501 g/mol. The minimum atomic E-state index is -0.356. The van der Waals surface area contributed by atoms with Crippen molar-refractivity contribution in [2.24, 2.45) is 0 Å². The molecule has 8 nitrogen and oxygen atoms in total. The SMILES string of the molecule is O=C1COc2cccc(OCc3ccccc3)c2C(=O)N1CCCCN1CCN(c2ccccn2)CC1. The quantitative estimate of drug-likeness (QED) is 0.328. The molecule has 8 heteroatoms. The number of hydrogen-bond donors (Lipinski definition) is 0. The molecule has 3 heterocycles. The van der Waals surface area contributed by atoms with Gasteiger partial charge in [-0.15, -0.1) is 0 Å². The molecular weight excluding hydrogens is 468 g/mol. The predicted octanol–water partition coefficient (Wildman–Crippen LogP) is 3.62. The molecule has 1 saturated heterocycles. The number of carbonyl (C=O) groups is 2. The standard InChI is InChI=1S/C29H32N4O4/c34-27-22-37-25-12-8-11-24(36-21-23-9-2-1-3-10-23)28(25)29(35)33(27)16-7-6-15-31-17-19-32(20-18-31)26-13-4-5-14-30-26/h1-5,8-14H,6-7,15-22H2. The summed E-state index contributed by atoms with van der Waals surface area (Å²) in [5.74, 6) is 1.16. The highest BCUT2D eigenvalue weighted by Gasteiger charge is 2.32. The van der Waals surface area contributed by atoms with Crippen molar-refractivity contribution < 1.29 is 19.1 Å². The fourth-order valence-corrected chi connectivity index (χ4v) is 4.74. The summed E-state index contributed by atoms with van der Waals surface area (Å²) in [6.07, 6.45) is 3.47. The second-order valence-corrected chi connectivity index (χ2v) is 9.27. The molecule has 0 bridgehead atoms. The van der Waals surface area contributed by atoms with E-state index in [0.29, 0.717) is 30.2 Å². The monoisotopic (exact) mass is 500 g/mol. The Kier molecular flexibility index (Phi) is 7.96. The van der Waals surface area contributed by atoms with E-state index in [0.717, 1.165) is 56.9 Å². The number of benzene rings is 2. The van der Waals surface area contributed by atoms with Gasteiger partial charge in [0, 0.05) is 38.9 Å². The summed E-state index contributed by atoms with van der Waals surface area (Å²) in [6.45, 7) is 5.30. The lowest BCUT2D eigenvalue weighted by Gasteiger charge is -2.35. The number of aromatic nitrogens is 1. The van der Waals surface area contributed by atoms with Crippen molar-refractivity contribution in [3.63, 3.8) is 0 Å². The Balaban J connectivity index is 1.15. The van der Waals surface area contributed by atoms with Crippen LogP contribution in [0.1, 0.15) is 28.8 Å². The first-order valence-corrected chi connectivity index (χ1v) is 12.8. The summed E-state index contributed by atoms with van der Waals surface area (Å²) in [7, 11) is 0. The number of pyridine rings is 1. The maximum atomic E-state index is 13.5. The lowest BCUT2D eigenvalue weighted by atomic mass is 10.1. The highest BCUT2D eigenvalue weighted by Crippen LogP contribution is 2.32. The number of imide groups is 1.